The van der Waals surface area contributed by atoms with Crippen LogP contribution in [0.4, 0.5) is 9.59 Å². The molecule has 0 bridgehead atoms. The number of alkyl carbamates (subject to hydrolysis) is 2. The summed E-state index contributed by atoms with van der Waals surface area (Å²) in [6.07, 6.45) is 4.65. The number of fused-ring (bicyclic) bond motifs is 1. The van der Waals surface area contributed by atoms with Gasteiger partial charge in [0.25, 0.3) is 0 Å². The number of nitrogens with one attached hydrogen (secondary N) is 4. The first kappa shape index (κ1) is 39.4. The highest BCUT2D eigenvalue weighted by molar-refractivity contribution is 5.87. The van der Waals surface area contributed by atoms with Crippen LogP contribution in [0, 0.1) is 11.8 Å². The zero-order valence-electron chi connectivity index (χ0n) is 33.5. The number of H-pyrrole nitrogens is 2. The SMILES string of the molecule is COC(=O)N[C@H](C(=O)N1CCC[C@@H]1c1[nH]c(-c2ccc(-c3ccc(-c4cnc([C@@H]5CCCN5C(=O)[C@@H](NC(=O)OC)C(C)C)[nH]4)cc3)cc2)c2c1CCO2)C(C)C. The van der Waals surface area contributed by atoms with E-state index in [2.05, 4.69) is 74.1 Å². The molecule has 4 aromatic rings. The first-order chi connectivity index (χ1) is 27.5. The molecule has 0 unspecified atom stereocenters. The molecule has 14 nitrogen and oxygen atoms in total. The van der Waals surface area contributed by atoms with Crippen LogP contribution >= 0.6 is 0 Å². The van der Waals surface area contributed by atoms with Crippen LogP contribution < -0.4 is 15.4 Å². The Hall–Kier alpha value is -5.79. The van der Waals surface area contributed by atoms with Crippen LogP contribution in [0.1, 0.15) is 82.5 Å². The second kappa shape index (κ2) is 16.7. The molecule has 5 heterocycles. The van der Waals surface area contributed by atoms with E-state index in [0.29, 0.717) is 19.7 Å². The van der Waals surface area contributed by atoms with E-state index in [-0.39, 0.29) is 35.7 Å². The van der Waals surface area contributed by atoms with Crippen molar-refractivity contribution in [3.8, 4) is 39.4 Å². The number of likely N-dealkylation sites (tertiary alicyclic amines) is 2. The van der Waals surface area contributed by atoms with Crippen molar-refractivity contribution in [2.75, 3.05) is 33.9 Å². The molecule has 3 aliphatic heterocycles. The van der Waals surface area contributed by atoms with Gasteiger partial charge in [-0.2, -0.15) is 0 Å². The number of benzene rings is 2. The van der Waals surface area contributed by atoms with Crippen molar-refractivity contribution >= 4 is 24.0 Å². The summed E-state index contributed by atoms with van der Waals surface area (Å²) < 4.78 is 15.7. The van der Waals surface area contributed by atoms with E-state index in [1.54, 1.807) is 6.20 Å². The quantitative estimate of drug-likeness (QED) is 0.129. The fourth-order valence-electron chi connectivity index (χ4n) is 8.42. The van der Waals surface area contributed by atoms with E-state index >= 15 is 0 Å². The second-order valence-corrected chi connectivity index (χ2v) is 15.8. The molecule has 0 saturated carbocycles. The molecule has 57 heavy (non-hydrogen) atoms. The minimum atomic E-state index is -0.689. The summed E-state index contributed by atoms with van der Waals surface area (Å²) in [6, 6.07) is 14.9. The van der Waals surface area contributed by atoms with Gasteiger partial charge in [-0.3, -0.25) is 9.59 Å². The van der Waals surface area contributed by atoms with E-state index in [1.165, 1.54) is 14.2 Å². The molecule has 4 atom stereocenters. The van der Waals surface area contributed by atoms with Gasteiger partial charge in [0.15, 0.2) is 0 Å². The maximum absolute atomic E-state index is 13.8. The van der Waals surface area contributed by atoms with Crippen LogP contribution in [0.3, 0.4) is 0 Å². The summed E-state index contributed by atoms with van der Waals surface area (Å²) in [5, 5.41) is 5.44. The number of nitrogens with zero attached hydrogens (tertiary/aromatic N) is 3. The van der Waals surface area contributed by atoms with Crippen LogP contribution in [-0.2, 0) is 25.5 Å². The lowest BCUT2D eigenvalue weighted by Gasteiger charge is -2.30. The Morgan fingerprint density at radius 1 is 0.737 bits per heavy atom. The lowest BCUT2D eigenvalue weighted by Crippen LogP contribution is -2.51. The van der Waals surface area contributed by atoms with Gasteiger partial charge in [0.1, 0.15) is 23.7 Å². The number of rotatable bonds is 11. The van der Waals surface area contributed by atoms with Gasteiger partial charge in [-0.15, -0.1) is 0 Å². The highest BCUT2D eigenvalue weighted by atomic mass is 16.5. The molecular formula is C43H53N7O7. The van der Waals surface area contributed by atoms with Crippen LogP contribution in [0.25, 0.3) is 33.6 Å². The number of aromatic nitrogens is 3. The molecule has 0 aliphatic carbocycles. The maximum Gasteiger partial charge on any atom is 0.407 e. The normalized spacial score (nSPS) is 18.7. The smallest absolute Gasteiger partial charge is 0.407 e. The van der Waals surface area contributed by atoms with Gasteiger partial charge in [0.05, 0.1) is 50.5 Å². The number of methoxy groups -OCH3 is 2. The number of hydrogen-bond donors (Lipinski definition) is 4. The average Bonchev–Trinajstić information content (AvgIpc) is 4.07. The number of carbonyl (C=O) groups is 4. The summed E-state index contributed by atoms with van der Waals surface area (Å²) in [5.41, 5.74) is 7.98. The number of aromatic amines is 2. The van der Waals surface area contributed by atoms with E-state index < -0.39 is 24.3 Å². The van der Waals surface area contributed by atoms with Gasteiger partial charge in [-0.05, 0) is 54.2 Å². The van der Waals surface area contributed by atoms with Gasteiger partial charge >= 0.3 is 12.2 Å². The Bertz CT molecular complexity index is 2090. The largest absolute Gasteiger partial charge is 0.491 e. The van der Waals surface area contributed by atoms with Crippen molar-refractivity contribution in [1.82, 2.24) is 35.4 Å². The third kappa shape index (κ3) is 7.94. The minimum absolute atomic E-state index is 0.103. The fourth-order valence-corrected chi connectivity index (χ4v) is 8.42. The Kier molecular flexibility index (Phi) is 11.6. The Balaban J connectivity index is 1.05. The van der Waals surface area contributed by atoms with Crippen molar-refractivity contribution in [2.24, 2.45) is 11.8 Å². The summed E-state index contributed by atoms with van der Waals surface area (Å²) in [5.74, 6) is 1.11. The van der Waals surface area contributed by atoms with E-state index in [0.717, 1.165) is 88.6 Å². The highest BCUT2D eigenvalue weighted by Gasteiger charge is 2.40. The minimum Gasteiger partial charge on any atom is -0.491 e. The molecule has 2 aromatic carbocycles. The molecule has 0 spiro atoms. The van der Waals surface area contributed by atoms with Crippen molar-refractivity contribution in [3.63, 3.8) is 0 Å². The van der Waals surface area contributed by atoms with Crippen LogP contribution in [-0.4, -0.2) is 94.8 Å². The van der Waals surface area contributed by atoms with Gasteiger partial charge in [0, 0.05) is 36.3 Å². The molecule has 302 valence electrons. The van der Waals surface area contributed by atoms with Crippen molar-refractivity contribution < 1.29 is 33.4 Å². The molecular weight excluding hydrogens is 727 g/mol. The van der Waals surface area contributed by atoms with Gasteiger partial charge < -0.3 is 44.6 Å². The predicted molar refractivity (Wildman–Crippen MR) is 214 cm³/mol. The Morgan fingerprint density at radius 3 is 1.79 bits per heavy atom. The van der Waals surface area contributed by atoms with Crippen LogP contribution in [0.2, 0.25) is 0 Å². The second-order valence-electron chi connectivity index (χ2n) is 15.8. The average molecular weight is 780 g/mol. The van der Waals surface area contributed by atoms with E-state index in [4.69, 9.17) is 14.2 Å². The molecule has 2 saturated heterocycles. The molecule has 2 fully saturated rings. The number of amides is 4. The molecule has 3 aliphatic rings. The molecule has 7 rings (SSSR count). The zero-order chi connectivity index (χ0) is 40.4. The first-order valence-corrected chi connectivity index (χ1v) is 19.9. The highest BCUT2D eigenvalue weighted by Crippen LogP contribution is 2.45. The fraction of sp³-hybridized carbons (Fsp3) is 0.465. The summed E-state index contributed by atoms with van der Waals surface area (Å²) in [7, 11) is 2.59. The molecule has 14 heteroatoms. The maximum atomic E-state index is 13.8. The topological polar surface area (TPSA) is 171 Å². The van der Waals surface area contributed by atoms with Crippen molar-refractivity contribution in [1.29, 1.82) is 0 Å². The molecule has 4 amide bonds. The predicted octanol–water partition coefficient (Wildman–Crippen LogP) is 6.76. The van der Waals surface area contributed by atoms with Gasteiger partial charge in [0.2, 0.25) is 11.8 Å². The lowest BCUT2D eigenvalue weighted by atomic mass is 10.00. The third-order valence-electron chi connectivity index (χ3n) is 11.5. The first-order valence-electron chi connectivity index (χ1n) is 19.9. The molecule has 4 N–H and O–H groups in total. The zero-order valence-corrected chi connectivity index (χ0v) is 33.5. The Morgan fingerprint density at radius 2 is 1.25 bits per heavy atom. The standard InChI is InChI=1S/C43H53N7O7/c1-24(2)34(47-42(53)55-5)40(51)49-20-7-9-32(49)37-30-19-22-57-38(30)36(46-37)29-17-13-27(14-18-29)26-11-15-28(16-12-26)31-23-44-39(45-31)33-10-8-21-50(33)41(52)35(25(3)4)48-43(54)56-6/h11-18,23-25,32-35,46H,7-10,19-22H2,1-6H3,(H,44,45)(H,47,53)(H,48,54)/t32-,33+,34+,35+/m1/s1. The number of hydrogen-bond acceptors (Lipinski definition) is 8. The number of carbonyl (C=O) groups excluding carboxylic acids is 4. The molecule has 0 radical (unpaired) electrons. The number of imidazole rings is 1. The monoisotopic (exact) mass is 779 g/mol. The summed E-state index contributed by atoms with van der Waals surface area (Å²) in [4.78, 5) is 66.9. The van der Waals surface area contributed by atoms with Gasteiger partial charge in [-0.1, -0.05) is 76.2 Å². The van der Waals surface area contributed by atoms with Crippen molar-refractivity contribution in [2.45, 2.75) is 84.0 Å². The molecule has 2 aromatic heterocycles. The number of ether oxygens (including phenoxy) is 3. The summed E-state index contributed by atoms with van der Waals surface area (Å²) in [6.45, 7) is 9.44. The van der Waals surface area contributed by atoms with Crippen molar-refractivity contribution in [3.05, 3.63) is 71.8 Å². The van der Waals surface area contributed by atoms with E-state index in [9.17, 15) is 19.2 Å². The van der Waals surface area contributed by atoms with Crippen LogP contribution in [0.15, 0.2) is 54.7 Å². The Labute approximate surface area is 333 Å². The third-order valence-corrected chi connectivity index (χ3v) is 11.5. The van der Waals surface area contributed by atoms with Crippen LogP contribution in [0.5, 0.6) is 5.75 Å². The lowest BCUT2D eigenvalue weighted by molar-refractivity contribution is -0.136. The van der Waals surface area contributed by atoms with E-state index in [1.807, 2.05) is 37.5 Å². The summed E-state index contributed by atoms with van der Waals surface area (Å²) >= 11 is 0. The van der Waals surface area contributed by atoms with Gasteiger partial charge in [-0.25, -0.2) is 14.6 Å².